The number of carbonyl (C=O) groups excluding carboxylic acids is 4. The Hall–Kier alpha value is -1.96. The van der Waals surface area contributed by atoms with E-state index in [1.807, 2.05) is 0 Å². The Morgan fingerprint density at radius 2 is 1.03 bits per heavy atom. The SMILES string of the molecule is CC(=O)OC(=O)CC(CC(=O)OCCCCC(C)C)(OCCCCC(C)C)C(=O)OCCCCC(C)C. The zero-order valence-electron chi connectivity index (χ0n) is 24.4. The molecule has 0 aromatic heterocycles. The van der Waals surface area contributed by atoms with Crippen LogP contribution in [0.4, 0.5) is 0 Å². The highest BCUT2D eigenvalue weighted by Crippen LogP contribution is 2.26. The molecule has 1 unspecified atom stereocenters. The van der Waals surface area contributed by atoms with Crippen molar-refractivity contribution in [3.8, 4) is 0 Å². The lowest BCUT2D eigenvalue weighted by molar-refractivity contribution is -0.186. The van der Waals surface area contributed by atoms with E-state index in [-0.39, 0.29) is 19.8 Å². The molecule has 0 aliphatic rings. The smallest absolute Gasteiger partial charge is 0.339 e. The van der Waals surface area contributed by atoms with Crippen molar-refractivity contribution in [3.05, 3.63) is 0 Å². The highest BCUT2D eigenvalue weighted by Gasteiger charge is 2.46. The van der Waals surface area contributed by atoms with Gasteiger partial charge in [0.1, 0.15) is 0 Å². The van der Waals surface area contributed by atoms with Crippen LogP contribution in [0.25, 0.3) is 0 Å². The van der Waals surface area contributed by atoms with Crippen LogP contribution in [-0.2, 0) is 38.1 Å². The van der Waals surface area contributed by atoms with Crippen LogP contribution in [0, 0.1) is 17.8 Å². The van der Waals surface area contributed by atoms with Gasteiger partial charge in [0.25, 0.3) is 0 Å². The molecule has 0 N–H and O–H groups in total. The van der Waals surface area contributed by atoms with Gasteiger partial charge in [-0.05, 0) is 49.9 Å². The van der Waals surface area contributed by atoms with Crippen molar-refractivity contribution in [2.24, 2.45) is 17.8 Å². The molecule has 0 rings (SSSR count). The number of ether oxygens (including phenoxy) is 4. The first-order valence-corrected chi connectivity index (χ1v) is 14.1. The van der Waals surface area contributed by atoms with Crippen molar-refractivity contribution in [2.45, 2.75) is 125 Å². The number of unbranched alkanes of at least 4 members (excludes halogenated alkanes) is 3. The quantitative estimate of drug-likeness (QED) is 0.0753. The second kappa shape index (κ2) is 20.1. The fourth-order valence-electron chi connectivity index (χ4n) is 3.80. The molecule has 0 amide bonds. The summed E-state index contributed by atoms with van der Waals surface area (Å²) in [4.78, 5) is 49.9. The van der Waals surface area contributed by atoms with Gasteiger partial charge in [-0.3, -0.25) is 14.4 Å². The third-order valence-electron chi connectivity index (χ3n) is 5.89. The standard InChI is InChI=1S/C29H52O8/c1-22(2)14-8-11-17-34-26(31)20-29(21-27(32)37-25(7)30,36-19-13-10-16-24(5)6)28(33)35-18-12-9-15-23(3)4/h22-24H,8-21H2,1-7H3. The second-order valence-electron chi connectivity index (χ2n) is 11.2. The van der Waals surface area contributed by atoms with Crippen molar-refractivity contribution in [3.63, 3.8) is 0 Å². The van der Waals surface area contributed by atoms with E-state index < -0.39 is 42.3 Å². The van der Waals surface area contributed by atoms with Gasteiger partial charge in [0, 0.05) is 13.5 Å². The van der Waals surface area contributed by atoms with Crippen LogP contribution >= 0.6 is 0 Å². The Morgan fingerprint density at radius 3 is 1.49 bits per heavy atom. The summed E-state index contributed by atoms with van der Waals surface area (Å²) >= 11 is 0. The number of esters is 4. The van der Waals surface area contributed by atoms with Gasteiger partial charge < -0.3 is 18.9 Å². The van der Waals surface area contributed by atoms with Crippen molar-refractivity contribution < 1.29 is 38.1 Å². The maximum atomic E-state index is 13.3. The Balaban J connectivity index is 5.47. The summed E-state index contributed by atoms with van der Waals surface area (Å²) in [7, 11) is 0. The second-order valence-corrected chi connectivity index (χ2v) is 11.2. The first-order valence-electron chi connectivity index (χ1n) is 14.1. The fraction of sp³-hybridized carbons (Fsp3) is 0.862. The zero-order chi connectivity index (χ0) is 28.3. The molecule has 0 aliphatic heterocycles. The van der Waals surface area contributed by atoms with E-state index in [1.165, 1.54) is 0 Å². The molecule has 0 aromatic carbocycles. The molecule has 0 fully saturated rings. The molecular weight excluding hydrogens is 476 g/mol. The van der Waals surface area contributed by atoms with Gasteiger partial charge >= 0.3 is 23.9 Å². The van der Waals surface area contributed by atoms with Gasteiger partial charge in [-0.15, -0.1) is 0 Å². The largest absolute Gasteiger partial charge is 0.466 e. The molecular formula is C29H52O8. The Morgan fingerprint density at radius 1 is 0.595 bits per heavy atom. The maximum absolute atomic E-state index is 13.3. The Kier molecular flexibility index (Phi) is 19.0. The van der Waals surface area contributed by atoms with Crippen LogP contribution in [0.5, 0.6) is 0 Å². The number of hydrogen-bond acceptors (Lipinski definition) is 8. The lowest BCUT2D eigenvalue weighted by Gasteiger charge is -2.30. The minimum atomic E-state index is -1.91. The first kappa shape index (κ1) is 35.0. The highest BCUT2D eigenvalue weighted by atomic mass is 16.6. The molecule has 0 spiro atoms. The van der Waals surface area contributed by atoms with Gasteiger partial charge in [-0.25, -0.2) is 4.79 Å². The molecule has 8 heteroatoms. The van der Waals surface area contributed by atoms with Crippen LogP contribution in [-0.4, -0.2) is 49.3 Å². The van der Waals surface area contributed by atoms with Crippen molar-refractivity contribution in [2.75, 3.05) is 19.8 Å². The summed E-state index contributed by atoms with van der Waals surface area (Å²) in [5.74, 6) is -1.58. The van der Waals surface area contributed by atoms with E-state index in [4.69, 9.17) is 14.2 Å². The van der Waals surface area contributed by atoms with Gasteiger partial charge in [-0.1, -0.05) is 67.2 Å². The normalized spacial score (nSPS) is 13.0. The minimum Gasteiger partial charge on any atom is -0.466 e. The predicted octanol–water partition coefficient (Wildman–Crippen LogP) is 6.18. The van der Waals surface area contributed by atoms with E-state index in [2.05, 4.69) is 46.3 Å². The molecule has 0 aromatic rings. The molecule has 8 nitrogen and oxygen atoms in total. The third kappa shape index (κ3) is 18.9. The average molecular weight is 529 g/mol. The monoisotopic (exact) mass is 528 g/mol. The van der Waals surface area contributed by atoms with Crippen molar-refractivity contribution >= 4 is 23.9 Å². The van der Waals surface area contributed by atoms with E-state index in [1.54, 1.807) is 0 Å². The van der Waals surface area contributed by atoms with Crippen LogP contribution < -0.4 is 0 Å². The number of carbonyl (C=O) groups is 4. The molecule has 0 aliphatic carbocycles. The maximum Gasteiger partial charge on any atom is 0.339 e. The van der Waals surface area contributed by atoms with Crippen LogP contribution in [0.15, 0.2) is 0 Å². The van der Waals surface area contributed by atoms with Crippen LogP contribution in [0.2, 0.25) is 0 Å². The fourth-order valence-corrected chi connectivity index (χ4v) is 3.80. The van der Waals surface area contributed by atoms with E-state index in [0.717, 1.165) is 45.4 Å². The first-order chi connectivity index (χ1) is 17.4. The highest BCUT2D eigenvalue weighted by molar-refractivity contribution is 5.93. The average Bonchev–Trinajstić information content (AvgIpc) is 2.76. The van der Waals surface area contributed by atoms with Gasteiger partial charge in [0.05, 0.1) is 26.1 Å². The summed E-state index contributed by atoms with van der Waals surface area (Å²) in [5, 5.41) is 0. The lowest BCUT2D eigenvalue weighted by Crippen LogP contribution is -2.48. The summed E-state index contributed by atoms with van der Waals surface area (Å²) in [6.45, 7) is 14.4. The predicted molar refractivity (Wildman–Crippen MR) is 143 cm³/mol. The van der Waals surface area contributed by atoms with Crippen molar-refractivity contribution in [1.82, 2.24) is 0 Å². The van der Waals surface area contributed by atoms with E-state index in [9.17, 15) is 19.2 Å². The minimum absolute atomic E-state index is 0.149. The molecule has 1 atom stereocenters. The van der Waals surface area contributed by atoms with Crippen molar-refractivity contribution in [1.29, 1.82) is 0 Å². The molecule has 0 bridgehead atoms. The van der Waals surface area contributed by atoms with Gasteiger partial charge in [0.15, 0.2) is 5.60 Å². The van der Waals surface area contributed by atoms with Gasteiger partial charge in [0.2, 0.25) is 0 Å². The number of hydrogen-bond donors (Lipinski definition) is 0. The number of rotatable bonds is 21. The Labute approximate surface area is 224 Å². The molecule has 0 heterocycles. The summed E-state index contributed by atoms with van der Waals surface area (Å²) in [5.41, 5.74) is -1.91. The zero-order valence-corrected chi connectivity index (χ0v) is 24.4. The summed E-state index contributed by atoms with van der Waals surface area (Å²) < 4.78 is 21.5. The molecule has 216 valence electrons. The molecule has 0 radical (unpaired) electrons. The molecule has 0 saturated heterocycles. The van der Waals surface area contributed by atoms with E-state index in [0.29, 0.717) is 37.0 Å². The Bertz CT molecular complexity index is 671. The summed E-state index contributed by atoms with van der Waals surface area (Å²) in [6.07, 6.45) is 6.62. The van der Waals surface area contributed by atoms with Gasteiger partial charge in [-0.2, -0.15) is 0 Å². The van der Waals surface area contributed by atoms with Crippen LogP contribution in [0.3, 0.4) is 0 Å². The molecule has 37 heavy (non-hydrogen) atoms. The third-order valence-corrected chi connectivity index (χ3v) is 5.89. The van der Waals surface area contributed by atoms with E-state index >= 15 is 0 Å². The lowest BCUT2D eigenvalue weighted by atomic mass is 9.94. The molecule has 0 saturated carbocycles. The van der Waals surface area contributed by atoms with Crippen LogP contribution in [0.1, 0.15) is 119 Å². The topological polar surface area (TPSA) is 105 Å². The summed E-state index contributed by atoms with van der Waals surface area (Å²) in [6, 6.07) is 0.